The van der Waals surface area contributed by atoms with Gasteiger partial charge in [-0.1, -0.05) is 30.0 Å². The van der Waals surface area contributed by atoms with Crippen molar-refractivity contribution < 1.29 is 18.7 Å². The number of para-hydroxylation sites is 1. The first kappa shape index (κ1) is 17.4. The van der Waals surface area contributed by atoms with E-state index in [2.05, 4.69) is 15.8 Å². The second-order valence-corrected chi connectivity index (χ2v) is 7.50. The van der Waals surface area contributed by atoms with Crippen molar-refractivity contribution in [2.75, 3.05) is 11.1 Å². The summed E-state index contributed by atoms with van der Waals surface area (Å²) in [6, 6.07) is 11.0. The number of hydrazone groups is 1. The van der Waals surface area contributed by atoms with Crippen LogP contribution in [0.5, 0.6) is 0 Å². The third kappa shape index (κ3) is 3.76. The molecule has 2 amide bonds. The fourth-order valence-electron chi connectivity index (χ4n) is 2.45. The van der Waals surface area contributed by atoms with E-state index in [4.69, 9.17) is 14.9 Å². The highest BCUT2D eigenvalue weighted by molar-refractivity contribution is 8.00. The van der Waals surface area contributed by atoms with E-state index in [0.29, 0.717) is 22.2 Å². The number of thiophene rings is 1. The van der Waals surface area contributed by atoms with E-state index in [1.807, 2.05) is 30.3 Å². The number of furan rings is 1. The minimum absolute atomic E-state index is 0.108. The van der Waals surface area contributed by atoms with Gasteiger partial charge in [0.05, 0.1) is 11.3 Å². The van der Waals surface area contributed by atoms with Gasteiger partial charge in [0.1, 0.15) is 10.6 Å². The summed E-state index contributed by atoms with van der Waals surface area (Å²) in [6.07, 6.45) is 0. The fourth-order valence-corrected chi connectivity index (χ4v) is 3.92. The van der Waals surface area contributed by atoms with E-state index in [-0.39, 0.29) is 11.7 Å². The van der Waals surface area contributed by atoms with Crippen molar-refractivity contribution in [2.45, 2.75) is 5.56 Å². The summed E-state index contributed by atoms with van der Waals surface area (Å²) < 4.78 is 11.4. The number of nitrogens with one attached hydrogen (secondary N) is 2. The molecule has 4 N–H and O–H groups in total. The Morgan fingerprint density at radius 3 is 3.00 bits per heavy atom. The summed E-state index contributed by atoms with van der Waals surface area (Å²) in [7, 11) is 0. The lowest BCUT2D eigenvalue weighted by molar-refractivity contribution is -0.113. The number of hydrogen-bond acceptors (Lipinski definition) is 8. The molecule has 4 rings (SSSR count). The number of benzene rings is 1. The number of fused-ring (bicyclic) bond motifs is 1. The number of carbonyl (C=O) groups excluding carboxylic acids is 2. The van der Waals surface area contributed by atoms with Gasteiger partial charge < -0.3 is 20.2 Å². The molecule has 27 heavy (non-hydrogen) atoms. The number of hydrogen-bond donors (Lipinski definition) is 3. The van der Waals surface area contributed by atoms with Crippen LogP contribution in [0.4, 0.5) is 5.00 Å². The van der Waals surface area contributed by atoms with Gasteiger partial charge >= 0.3 is 0 Å². The lowest BCUT2D eigenvalue weighted by atomic mass is 10.2. The largest absolute Gasteiger partial charge is 0.451 e. The Bertz CT molecular complexity index is 1010. The maximum Gasteiger partial charge on any atom is 0.277 e. The minimum atomic E-state index is -0.580. The van der Waals surface area contributed by atoms with Crippen molar-refractivity contribution in [1.29, 1.82) is 0 Å². The Hall–Kier alpha value is -2.98. The predicted molar refractivity (Wildman–Crippen MR) is 105 cm³/mol. The molecule has 0 saturated carbocycles. The van der Waals surface area contributed by atoms with Gasteiger partial charge in [0.25, 0.3) is 11.8 Å². The maximum absolute atomic E-state index is 12.1. The van der Waals surface area contributed by atoms with Gasteiger partial charge in [-0.15, -0.1) is 16.4 Å². The molecule has 3 heterocycles. The number of nitrogens with two attached hydrogens (primary N) is 1. The average Bonchev–Trinajstić information content (AvgIpc) is 3.38. The van der Waals surface area contributed by atoms with Crippen molar-refractivity contribution in [3.63, 3.8) is 0 Å². The third-order valence-corrected chi connectivity index (χ3v) is 5.44. The maximum atomic E-state index is 12.1. The zero-order chi connectivity index (χ0) is 18.8. The Kier molecular flexibility index (Phi) is 4.73. The van der Waals surface area contributed by atoms with Gasteiger partial charge in [-0.3, -0.25) is 15.0 Å². The number of ether oxygens (including phenoxy) is 1. The van der Waals surface area contributed by atoms with E-state index in [9.17, 15) is 9.59 Å². The normalized spacial score (nSPS) is 15.9. The standard InChI is InChI=1S/C17H14N4O4S2/c18-14(23)10-5-6-26-16(10)19-13(22)8-27-17-21-20-15(25-17)12-7-9-3-1-2-4-11(9)24-12/h1-7,17,21H,8H2,(H2,18,23)(H,19,22). The molecule has 0 spiro atoms. The van der Waals surface area contributed by atoms with E-state index in [1.165, 1.54) is 23.1 Å². The molecule has 2 aromatic heterocycles. The Morgan fingerprint density at radius 2 is 2.19 bits per heavy atom. The van der Waals surface area contributed by atoms with Gasteiger partial charge in [-0.25, -0.2) is 0 Å². The summed E-state index contributed by atoms with van der Waals surface area (Å²) in [5.74, 6) is 0.104. The van der Waals surface area contributed by atoms with Crippen LogP contribution in [0.1, 0.15) is 16.1 Å². The van der Waals surface area contributed by atoms with Crippen molar-refractivity contribution in [2.24, 2.45) is 10.8 Å². The van der Waals surface area contributed by atoms with E-state index in [1.54, 1.807) is 11.4 Å². The topological polar surface area (TPSA) is 119 Å². The highest BCUT2D eigenvalue weighted by Gasteiger charge is 2.24. The Balaban J connectivity index is 1.31. The van der Waals surface area contributed by atoms with Gasteiger partial charge in [0, 0.05) is 5.39 Å². The second-order valence-electron chi connectivity index (χ2n) is 5.53. The molecule has 1 aromatic carbocycles. The molecule has 1 aliphatic rings. The van der Waals surface area contributed by atoms with Crippen LogP contribution in [0.15, 0.2) is 51.3 Å². The highest BCUT2D eigenvalue weighted by Crippen LogP contribution is 2.25. The molecule has 8 nitrogen and oxygen atoms in total. The molecule has 1 aliphatic heterocycles. The second kappa shape index (κ2) is 7.33. The first-order valence-corrected chi connectivity index (χ1v) is 9.80. The van der Waals surface area contributed by atoms with Gasteiger partial charge in [0.15, 0.2) is 5.76 Å². The molecule has 0 saturated heterocycles. The third-order valence-electron chi connectivity index (χ3n) is 3.68. The SMILES string of the molecule is NC(=O)c1ccsc1NC(=O)CSC1NN=C(c2cc3ccccc3o2)O1. The first-order valence-electron chi connectivity index (χ1n) is 7.88. The van der Waals surface area contributed by atoms with Gasteiger partial charge in [-0.2, -0.15) is 0 Å². The number of amides is 2. The number of primary amides is 1. The Morgan fingerprint density at radius 1 is 1.33 bits per heavy atom. The number of thioether (sulfide) groups is 1. The average molecular weight is 402 g/mol. The number of rotatable bonds is 6. The zero-order valence-corrected chi connectivity index (χ0v) is 15.4. The molecule has 3 aromatic rings. The lowest BCUT2D eigenvalue weighted by Gasteiger charge is -2.10. The summed E-state index contributed by atoms with van der Waals surface area (Å²) in [6.45, 7) is 0. The van der Waals surface area contributed by atoms with Crippen LogP contribution in [-0.2, 0) is 9.53 Å². The first-order chi connectivity index (χ1) is 13.1. The summed E-state index contributed by atoms with van der Waals surface area (Å²) in [4.78, 5) is 23.4. The van der Waals surface area contributed by atoms with Crippen LogP contribution in [0.3, 0.4) is 0 Å². The molecule has 0 aliphatic carbocycles. The number of nitrogens with zero attached hydrogens (tertiary/aromatic N) is 1. The summed E-state index contributed by atoms with van der Waals surface area (Å²) in [5.41, 5.74) is 8.60. The molecular weight excluding hydrogens is 388 g/mol. The molecule has 0 fully saturated rings. The highest BCUT2D eigenvalue weighted by atomic mass is 32.2. The van der Waals surface area contributed by atoms with Crippen LogP contribution in [-0.4, -0.2) is 29.0 Å². The lowest BCUT2D eigenvalue weighted by Crippen LogP contribution is -2.23. The van der Waals surface area contributed by atoms with Crippen molar-refractivity contribution >= 4 is 56.8 Å². The van der Waals surface area contributed by atoms with Gasteiger partial charge in [-0.05, 0) is 23.6 Å². The molecule has 0 bridgehead atoms. The van der Waals surface area contributed by atoms with Crippen LogP contribution in [0.2, 0.25) is 0 Å². The van der Waals surface area contributed by atoms with Crippen LogP contribution < -0.4 is 16.5 Å². The van der Waals surface area contributed by atoms with Crippen LogP contribution in [0, 0.1) is 0 Å². The molecule has 0 radical (unpaired) electrons. The quantitative estimate of drug-likeness (QED) is 0.583. The molecule has 1 atom stereocenters. The van der Waals surface area contributed by atoms with E-state index >= 15 is 0 Å². The van der Waals surface area contributed by atoms with E-state index < -0.39 is 11.5 Å². The molecule has 138 valence electrons. The number of anilines is 1. The van der Waals surface area contributed by atoms with Crippen LogP contribution >= 0.6 is 23.1 Å². The predicted octanol–water partition coefficient (Wildman–Crippen LogP) is 2.53. The molecular formula is C17H14N4O4S2. The minimum Gasteiger partial charge on any atom is -0.451 e. The monoisotopic (exact) mass is 402 g/mol. The van der Waals surface area contributed by atoms with Crippen molar-refractivity contribution in [3.8, 4) is 0 Å². The fraction of sp³-hybridized carbons (Fsp3) is 0.118. The van der Waals surface area contributed by atoms with Crippen molar-refractivity contribution in [1.82, 2.24) is 5.43 Å². The van der Waals surface area contributed by atoms with Gasteiger partial charge in [0.2, 0.25) is 11.5 Å². The number of carbonyl (C=O) groups is 2. The molecule has 1 unspecified atom stereocenters. The van der Waals surface area contributed by atoms with E-state index in [0.717, 1.165) is 11.0 Å². The zero-order valence-electron chi connectivity index (χ0n) is 13.8. The molecule has 10 heteroatoms. The smallest absolute Gasteiger partial charge is 0.277 e. The summed E-state index contributed by atoms with van der Waals surface area (Å²) >= 11 is 2.46. The van der Waals surface area contributed by atoms with Crippen LogP contribution in [0.25, 0.3) is 11.0 Å². The summed E-state index contributed by atoms with van der Waals surface area (Å²) in [5, 5.41) is 9.87. The Labute approximate surface area is 161 Å². The van der Waals surface area contributed by atoms with Crippen molar-refractivity contribution in [3.05, 3.63) is 53.1 Å².